The molecule has 0 bridgehead atoms. The van der Waals surface area contributed by atoms with Gasteiger partial charge in [-0.1, -0.05) is 12.1 Å². The fraction of sp³-hybridized carbons (Fsp3) is 0.455. The van der Waals surface area contributed by atoms with E-state index in [4.69, 9.17) is 4.74 Å². The van der Waals surface area contributed by atoms with Gasteiger partial charge in [0.1, 0.15) is 13.1 Å². The van der Waals surface area contributed by atoms with Gasteiger partial charge in [0, 0.05) is 42.2 Å². The Morgan fingerprint density at radius 1 is 1.21 bits per heavy atom. The van der Waals surface area contributed by atoms with Crippen LogP contribution in [0.3, 0.4) is 0 Å². The van der Waals surface area contributed by atoms with Crippen molar-refractivity contribution < 1.29 is 19.2 Å². The SMILES string of the molecule is CNC(=O)c1ccc(C[NH+](C)CC(=O)c2cc(C)n([C@@H](C)COC)c2C)cc1. The molecule has 0 fully saturated rings. The van der Waals surface area contributed by atoms with Gasteiger partial charge in [0.2, 0.25) is 5.78 Å². The Balaban J connectivity index is 2.04. The monoisotopic (exact) mass is 386 g/mol. The highest BCUT2D eigenvalue weighted by Gasteiger charge is 2.21. The Morgan fingerprint density at radius 3 is 2.43 bits per heavy atom. The Hall–Kier alpha value is -2.44. The Kier molecular flexibility index (Phi) is 7.54. The van der Waals surface area contributed by atoms with E-state index < -0.39 is 0 Å². The highest BCUT2D eigenvalue weighted by atomic mass is 16.5. The van der Waals surface area contributed by atoms with Crippen molar-refractivity contribution in [1.29, 1.82) is 0 Å². The van der Waals surface area contributed by atoms with E-state index in [0.29, 0.717) is 18.7 Å². The molecule has 6 nitrogen and oxygen atoms in total. The minimum absolute atomic E-state index is 0.0968. The summed E-state index contributed by atoms with van der Waals surface area (Å²) in [6.45, 7) is 7.87. The number of carbonyl (C=O) groups excluding carboxylic acids is 2. The first kappa shape index (κ1) is 21.9. The van der Waals surface area contributed by atoms with Gasteiger partial charge in [-0.3, -0.25) is 9.59 Å². The molecule has 1 aromatic heterocycles. The van der Waals surface area contributed by atoms with Crippen LogP contribution in [0.15, 0.2) is 30.3 Å². The van der Waals surface area contributed by atoms with Gasteiger partial charge in [0.25, 0.3) is 5.91 Å². The number of likely N-dealkylation sites (N-methyl/N-ethyl adjacent to an activating group) is 1. The molecule has 6 heteroatoms. The summed E-state index contributed by atoms with van der Waals surface area (Å²) in [7, 11) is 5.32. The van der Waals surface area contributed by atoms with E-state index in [1.807, 2.05) is 51.2 Å². The number of quaternary nitrogens is 1. The lowest BCUT2D eigenvalue weighted by Crippen LogP contribution is -3.08. The van der Waals surface area contributed by atoms with Crippen LogP contribution in [0.1, 0.15) is 50.6 Å². The number of Topliss-reactive ketones (excluding diaryl/α,β-unsaturated/α-hetero) is 1. The van der Waals surface area contributed by atoms with Crippen LogP contribution in [0, 0.1) is 13.8 Å². The summed E-state index contributed by atoms with van der Waals surface area (Å²) in [4.78, 5) is 25.6. The van der Waals surface area contributed by atoms with Crippen LogP contribution in [0.2, 0.25) is 0 Å². The number of aromatic nitrogens is 1. The topological polar surface area (TPSA) is 64.8 Å². The zero-order valence-corrected chi connectivity index (χ0v) is 17.8. The molecule has 152 valence electrons. The molecule has 0 spiro atoms. The van der Waals surface area contributed by atoms with E-state index in [9.17, 15) is 9.59 Å². The maximum atomic E-state index is 12.9. The molecule has 2 aromatic rings. The van der Waals surface area contributed by atoms with E-state index in [1.54, 1.807) is 14.2 Å². The van der Waals surface area contributed by atoms with Crippen LogP contribution in [0.4, 0.5) is 0 Å². The van der Waals surface area contributed by atoms with Crippen LogP contribution in [0.5, 0.6) is 0 Å². The normalized spacial score (nSPS) is 13.2. The lowest BCUT2D eigenvalue weighted by atomic mass is 10.1. The highest BCUT2D eigenvalue weighted by Crippen LogP contribution is 2.20. The Labute approximate surface area is 167 Å². The van der Waals surface area contributed by atoms with Crippen molar-refractivity contribution in [1.82, 2.24) is 9.88 Å². The van der Waals surface area contributed by atoms with Gasteiger partial charge >= 0.3 is 0 Å². The van der Waals surface area contributed by atoms with E-state index in [2.05, 4.69) is 16.8 Å². The maximum Gasteiger partial charge on any atom is 0.251 e. The Bertz CT molecular complexity index is 824. The van der Waals surface area contributed by atoms with Crippen LogP contribution in [0.25, 0.3) is 0 Å². The molecule has 1 amide bonds. The van der Waals surface area contributed by atoms with Crippen LogP contribution >= 0.6 is 0 Å². The summed E-state index contributed by atoms with van der Waals surface area (Å²) in [6.07, 6.45) is 0. The second-order valence-electron chi connectivity index (χ2n) is 7.47. The van der Waals surface area contributed by atoms with Crippen molar-refractivity contribution in [3.63, 3.8) is 0 Å². The number of benzene rings is 1. The zero-order valence-electron chi connectivity index (χ0n) is 17.8. The van der Waals surface area contributed by atoms with Gasteiger partial charge in [-0.2, -0.15) is 0 Å². The van der Waals surface area contributed by atoms with Gasteiger partial charge in [-0.15, -0.1) is 0 Å². The number of aryl methyl sites for hydroxylation is 1. The Morgan fingerprint density at radius 2 is 1.86 bits per heavy atom. The van der Waals surface area contributed by atoms with Crippen molar-refractivity contribution in [2.75, 3.05) is 34.4 Å². The fourth-order valence-corrected chi connectivity index (χ4v) is 3.75. The number of rotatable bonds is 9. The van der Waals surface area contributed by atoms with Gasteiger partial charge in [-0.05, 0) is 39.0 Å². The number of ether oxygens (including phenoxy) is 1. The first-order chi connectivity index (χ1) is 13.3. The lowest BCUT2D eigenvalue weighted by molar-refractivity contribution is -0.884. The minimum atomic E-state index is -0.0968. The second kappa shape index (κ2) is 9.66. The summed E-state index contributed by atoms with van der Waals surface area (Å²) in [6, 6.07) is 9.68. The molecule has 0 aliphatic carbocycles. The third-order valence-corrected chi connectivity index (χ3v) is 5.04. The van der Waals surface area contributed by atoms with E-state index in [-0.39, 0.29) is 17.7 Å². The molecule has 0 radical (unpaired) electrons. The van der Waals surface area contributed by atoms with Gasteiger partial charge in [0.05, 0.1) is 19.7 Å². The first-order valence-electron chi connectivity index (χ1n) is 9.61. The number of nitrogens with zero attached hydrogens (tertiary/aromatic N) is 1. The van der Waals surface area contributed by atoms with Crippen molar-refractivity contribution in [2.24, 2.45) is 0 Å². The van der Waals surface area contributed by atoms with Gasteiger partial charge in [0.15, 0.2) is 0 Å². The molecular weight excluding hydrogens is 354 g/mol. The van der Waals surface area contributed by atoms with Crippen LogP contribution in [-0.4, -0.2) is 50.6 Å². The third kappa shape index (κ3) is 5.09. The largest absolute Gasteiger partial charge is 0.383 e. The molecule has 0 aliphatic heterocycles. The molecule has 0 aliphatic rings. The average molecular weight is 387 g/mol. The molecular formula is C22H32N3O3+. The molecule has 1 unspecified atom stereocenters. The standard InChI is InChI=1S/C22H31N3O3/c1-15-11-20(17(3)25(15)16(2)14-28-6)21(26)13-24(5)12-18-7-9-19(10-8-18)22(27)23-4/h7-11,16H,12-14H2,1-6H3,(H,23,27)/p+1/t16-/m0/s1. The predicted octanol–water partition coefficient (Wildman–Crippen LogP) is 1.57. The quantitative estimate of drug-likeness (QED) is 0.643. The van der Waals surface area contributed by atoms with Crippen LogP contribution < -0.4 is 10.2 Å². The van der Waals surface area contributed by atoms with Crippen molar-refractivity contribution >= 4 is 11.7 Å². The molecule has 2 N–H and O–H groups in total. The summed E-state index contributed by atoms with van der Waals surface area (Å²) in [5, 5.41) is 2.61. The number of carbonyl (C=O) groups is 2. The maximum absolute atomic E-state index is 12.9. The third-order valence-electron chi connectivity index (χ3n) is 5.04. The second-order valence-corrected chi connectivity index (χ2v) is 7.47. The van der Waals surface area contributed by atoms with Gasteiger partial charge in [-0.25, -0.2) is 0 Å². The van der Waals surface area contributed by atoms with Crippen molar-refractivity contribution in [3.05, 3.63) is 58.4 Å². The lowest BCUT2D eigenvalue weighted by Gasteiger charge is -2.18. The summed E-state index contributed by atoms with van der Waals surface area (Å²) in [5.41, 5.74) is 4.59. The van der Waals surface area contributed by atoms with E-state index in [0.717, 1.165) is 34.0 Å². The number of hydrogen-bond acceptors (Lipinski definition) is 3. The number of amides is 1. The van der Waals surface area contributed by atoms with E-state index >= 15 is 0 Å². The highest BCUT2D eigenvalue weighted by molar-refractivity contribution is 5.98. The number of ketones is 1. The zero-order chi connectivity index (χ0) is 20.8. The van der Waals surface area contributed by atoms with Crippen molar-refractivity contribution in [2.45, 2.75) is 33.4 Å². The molecule has 1 heterocycles. The average Bonchev–Trinajstić information content (AvgIpc) is 2.96. The fourth-order valence-electron chi connectivity index (χ4n) is 3.75. The first-order valence-corrected chi connectivity index (χ1v) is 9.61. The van der Waals surface area contributed by atoms with Crippen LogP contribution in [-0.2, 0) is 11.3 Å². The van der Waals surface area contributed by atoms with E-state index in [1.165, 1.54) is 0 Å². The summed E-state index contributed by atoms with van der Waals surface area (Å²) < 4.78 is 7.43. The molecule has 1 aromatic carbocycles. The predicted molar refractivity (Wildman–Crippen MR) is 110 cm³/mol. The van der Waals surface area contributed by atoms with Gasteiger partial charge < -0.3 is 19.5 Å². The molecule has 2 atom stereocenters. The molecule has 0 saturated heterocycles. The summed E-state index contributed by atoms with van der Waals surface area (Å²) in [5.74, 6) is 0.0453. The minimum Gasteiger partial charge on any atom is -0.383 e. The number of hydrogen-bond donors (Lipinski definition) is 2. The smallest absolute Gasteiger partial charge is 0.251 e. The number of nitrogens with one attached hydrogen (secondary N) is 2. The molecule has 2 rings (SSSR count). The van der Waals surface area contributed by atoms with Crippen molar-refractivity contribution in [3.8, 4) is 0 Å². The molecule has 28 heavy (non-hydrogen) atoms. The molecule has 0 saturated carbocycles. The summed E-state index contributed by atoms with van der Waals surface area (Å²) >= 11 is 0. The number of methoxy groups -OCH3 is 1.